The molecule has 0 aliphatic carbocycles. The summed E-state index contributed by atoms with van der Waals surface area (Å²) in [4.78, 5) is 10.8. The number of pyridine rings is 2. The number of fused-ring (bicyclic) bond motifs is 1. The minimum Gasteiger partial charge on any atom is -0.490 e. The van der Waals surface area contributed by atoms with Gasteiger partial charge >= 0.3 is 0 Å². The van der Waals surface area contributed by atoms with Crippen LogP contribution in [0.5, 0.6) is 5.75 Å². The van der Waals surface area contributed by atoms with Gasteiger partial charge in [0.2, 0.25) is 0 Å². The van der Waals surface area contributed by atoms with Crippen LogP contribution in [-0.4, -0.2) is 34.1 Å². The Morgan fingerprint density at radius 3 is 2.50 bits per heavy atom. The molecule has 0 atom stereocenters. The lowest BCUT2D eigenvalue weighted by molar-refractivity contribution is 0.0964. The van der Waals surface area contributed by atoms with E-state index >= 15 is 0 Å². The summed E-state index contributed by atoms with van der Waals surface area (Å²) in [6.45, 7) is 5.25. The van der Waals surface area contributed by atoms with Crippen LogP contribution >= 0.6 is 12.4 Å². The summed E-state index contributed by atoms with van der Waals surface area (Å²) in [7, 11) is 0. The second-order valence-corrected chi connectivity index (χ2v) is 6.79. The molecule has 0 spiro atoms. The zero-order chi connectivity index (χ0) is 17.1. The Labute approximate surface area is 160 Å². The SMILES string of the molecule is Cc1cc2cnccc2cc1OC1CCN(Cc2ccncc2)CC1.Cl. The van der Waals surface area contributed by atoms with Crippen molar-refractivity contribution < 1.29 is 4.74 Å². The Morgan fingerprint density at radius 1 is 1.00 bits per heavy atom. The fraction of sp³-hybridized carbons (Fsp3) is 0.333. The van der Waals surface area contributed by atoms with Gasteiger partial charge in [0.1, 0.15) is 11.9 Å². The van der Waals surface area contributed by atoms with E-state index in [1.165, 1.54) is 21.9 Å². The summed E-state index contributed by atoms with van der Waals surface area (Å²) < 4.78 is 6.34. The van der Waals surface area contributed by atoms with Crippen LogP contribution in [0.15, 0.2) is 55.1 Å². The predicted molar refractivity (Wildman–Crippen MR) is 107 cm³/mol. The lowest BCUT2D eigenvalue weighted by Crippen LogP contribution is -2.37. The summed E-state index contributed by atoms with van der Waals surface area (Å²) in [5.41, 5.74) is 2.51. The summed E-state index contributed by atoms with van der Waals surface area (Å²) in [5, 5.41) is 2.35. The second kappa shape index (κ2) is 8.47. The molecule has 1 aromatic carbocycles. The van der Waals surface area contributed by atoms with E-state index < -0.39 is 0 Å². The fourth-order valence-electron chi connectivity index (χ4n) is 3.47. The molecular weight excluding hydrogens is 346 g/mol. The molecule has 1 aliphatic rings. The van der Waals surface area contributed by atoms with Crippen molar-refractivity contribution in [2.45, 2.75) is 32.4 Å². The zero-order valence-corrected chi connectivity index (χ0v) is 15.8. The largest absolute Gasteiger partial charge is 0.490 e. The molecule has 0 amide bonds. The molecule has 0 N–H and O–H groups in total. The van der Waals surface area contributed by atoms with Crippen molar-refractivity contribution in [2.24, 2.45) is 0 Å². The molecule has 0 unspecified atom stereocenters. The maximum atomic E-state index is 6.34. The van der Waals surface area contributed by atoms with Crippen LogP contribution in [0.3, 0.4) is 0 Å². The summed E-state index contributed by atoms with van der Waals surface area (Å²) in [6, 6.07) is 10.5. The molecule has 26 heavy (non-hydrogen) atoms. The molecule has 3 heterocycles. The lowest BCUT2D eigenvalue weighted by atomic mass is 10.1. The van der Waals surface area contributed by atoms with Crippen molar-refractivity contribution >= 4 is 23.2 Å². The van der Waals surface area contributed by atoms with Crippen LogP contribution in [0.25, 0.3) is 10.8 Å². The number of nitrogens with zero attached hydrogens (tertiary/aromatic N) is 3. The minimum absolute atomic E-state index is 0. The number of aryl methyl sites for hydroxylation is 1. The maximum absolute atomic E-state index is 6.34. The molecule has 1 aliphatic heterocycles. The molecule has 2 aromatic heterocycles. The van der Waals surface area contributed by atoms with E-state index in [9.17, 15) is 0 Å². The van der Waals surface area contributed by atoms with Crippen molar-refractivity contribution in [3.8, 4) is 5.75 Å². The summed E-state index contributed by atoms with van der Waals surface area (Å²) >= 11 is 0. The number of aromatic nitrogens is 2. The van der Waals surface area contributed by atoms with Crippen LogP contribution in [0.1, 0.15) is 24.0 Å². The molecule has 1 saturated heterocycles. The van der Waals surface area contributed by atoms with Gasteiger partial charge in [-0.15, -0.1) is 12.4 Å². The Morgan fingerprint density at radius 2 is 1.73 bits per heavy atom. The number of piperidine rings is 1. The third-order valence-electron chi connectivity index (χ3n) is 4.92. The molecule has 5 heteroatoms. The first-order valence-electron chi connectivity index (χ1n) is 8.90. The van der Waals surface area contributed by atoms with Gasteiger partial charge in [-0.25, -0.2) is 0 Å². The second-order valence-electron chi connectivity index (χ2n) is 6.79. The topological polar surface area (TPSA) is 38.2 Å². The van der Waals surface area contributed by atoms with Crippen LogP contribution < -0.4 is 4.74 Å². The molecule has 1 fully saturated rings. The van der Waals surface area contributed by atoms with Crippen molar-refractivity contribution in [3.63, 3.8) is 0 Å². The lowest BCUT2D eigenvalue weighted by Gasteiger charge is -2.32. The molecule has 0 bridgehead atoms. The molecule has 4 rings (SSSR count). The first-order chi connectivity index (χ1) is 12.3. The molecule has 136 valence electrons. The van der Waals surface area contributed by atoms with Gasteiger partial charge < -0.3 is 4.74 Å². The van der Waals surface area contributed by atoms with E-state index in [2.05, 4.69) is 46.1 Å². The molecule has 0 radical (unpaired) electrons. The summed E-state index contributed by atoms with van der Waals surface area (Å²) in [5.74, 6) is 1.01. The highest BCUT2D eigenvalue weighted by molar-refractivity contribution is 5.85. The minimum atomic E-state index is 0. The van der Waals surface area contributed by atoms with Gasteiger partial charge in [-0.3, -0.25) is 14.9 Å². The van der Waals surface area contributed by atoms with Crippen molar-refractivity contribution in [1.82, 2.24) is 14.9 Å². The average molecular weight is 370 g/mol. The van der Waals surface area contributed by atoms with E-state index in [0.29, 0.717) is 6.10 Å². The monoisotopic (exact) mass is 369 g/mol. The van der Waals surface area contributed by atoms with E-state index in [0.717, 1.165) is 38.2 Å². The maximum Gasteiger partial charge on any atom is 0.123 e. The molecule has 0 saturated carbocycles. The number of ether oxygens (including phenoxy) is 1. The molecule has 3 aromatic rings. The van der Waals surface area contributed by atoms with E-state index in [-0.39, 0.29) is 12.4 Å². The highest BCUT2D eigenvalue weighted by Gasteiger charge is 2.21. The third kappa shape index (κ3) is 4.32. The standard InChI is InChI=1S/C21H23N3O.ClH/c1-16-12-19-14-23-9-4-18(19)13-21(16)25-20-5-10-24(11-6-20)15-17-2-7-22-8-3-17;/h2-4,7-9,12-14,20H,5-6,10-11,15H2,1H3;1H. The zero-order valence-electron chi connectivity index (χ0n) is 15.0. The smallest absolute Gasteiger partial charge is 0.123 e. The van der Waals surface area contributed by atoms with Gasteiger partial charge in [0.05, 0.1) is 0 Å². The number of benzene rings is 1. The summed E-state index contributed by atoms with van der Waals surface area (Å²) in [6.07, 6.45) is 9.90. The number of halogens is 1. The Hall–Kier alpha value is -2.17. The Bertz CT molecular complexity index is 848. The van der Waals surface area contributed by atoms with Crippen LogP contribution in [-0.2, 0) is 6.54 Å². The normalized spacial score (nSPS) is 15.6. The van der Waals surface area contributed by atoms with Crippen molar-refractivity contribution in [3.05, 3.63) is 66.2 Å². The Kier molecular flexibility index (Phi) is 6.07. The van der Waals surface area contributed by atoms with Crippen LogP contribution in [0.2, 0.25) is 0 Å². The quantitative estimate of drug-likeness (QED) is 0.683. The number of likely N-dealkylation sites (tertiary alicyclic amines) is 1. The van der Waals surface area contributed by atoms with E-state index in [1.807, 2.05) is 30.9 Å². The average Bonchev–Trinajstić information content (AvgIpc) is 2.65. The predicted octanol–water partition coefficient (Wildman–Crippen LogP) is 4.40. The van der Waals surface area contributed by atoms with E-state index in [4.69, 9.17) is 4.74 Å². The first-order valence-corrected chi connectivity index (χ1v) is 8.90. The molecule has 4 nitrogen and oxygen atoms in total. The number of hydrogen-bond acceptors (Lipinski definition) is 4. The van der Waals surface area contributed by atoms with Crippen molar-refractivity contribution in [1.29, 1.82) is 0 Å². The fourth-order valence-corrected chi connectivity index (χ4v) is 3.47. The van der Waals surface area contributed by atoms with Gasteiger partial charge in [0, 0.05) is 49.8 Å². The van der Waals surface area contributed by atoms with Gasteiger partial charge in [0.15, 0.2) is 0 Å². The highest BCUT2D eigenvalue weighted by atomic mass is 35.5. The van der Waals surface area contributed by atoms with Gasteiger partial charge in [0.25, 0.3) is 0 Å². The van der Waals surface area contributed by atoms with Gasteiger partial charge in [-0.1, -0.05) is 0 Å². The van der Waals surface area contributed by atoms with Crippen LogP contribution in [0, 0.1) is 6.92 Å². The number of rotatable bonds is 4. The highest BCUT2D eigenvalue weighted by Crippen LogP contribution is 2.27. The van der Waals surface area contributed by atoms with Gasteiger partial charge in [-0.05, 0) is 66.6 Å². The first kappa shape index (κ1) is 18.6. The molecular formula is C21H24ClN3O. The van der Waals surface area contributed by atoms with Crippen molar-refractivity contribution in [2.75, 3.05) is 13.1 Å². The Balaban J connectivity index is 0.00000196. The third-order valence-corrected chi connectivity index (χ3v) is 4.92. The number of hydrogen-bond donors (Lipinski definition) is 0. The van der Waals surface area contributed by atoms with Crippen LogP contribution in [0.4, 0.5) is 0 Å². The van der Waals surface area contributed by atoms with E-state index in [1.54, 1.807) is 0 Å². The van der Waals surface area contributed by atoms with Gasteiger partial charge in [-0.2, -0.15) is 0 Å².